The van der Waals surface area contributed by atoms with E-state index in [9.17, 15) is 12.9 Å². The highest BCUT2D eigenvalue weighted by Gasteiger charge is 2.19. The Morgan fingerprint density at radius 3 is 2.00 bits per heavy atom. The molecule has 0 aromatic rings. The van der Waals surface area contributed by atoms with Gasteiger partial charge in [-0.25, -0.2) is 0 Å². The first-order chi connectivity index (χ1) is 7.45. The van der Waals surface area contributed by atoms with Gasteiger partial charge in [0.05, 0.1) is 0 Å². The van der Waals surface area contributed by atoms with Crippen molar-refractivity contribution < 1.29 is 12.9 Å². The first-order valence-corrected chi connectivity index (χ1v) is 6.40. The number of rotatable bonds is 9. The van der Waals surface area contributed by atoms with Crippen LogP contribution in [0.1, 0.15) is 58.3 Å². The zero-order valence-corrected chi connectivity index (χ0v) is 10.6. The Morgan fingerprint density at radius 1 is 1.00 bits per heavy atom. The molecule has 0 aliphatic rings. The van der Waals surface area contributed by atoms with Crippen LogP contribution in [0.15, 0.2) is 11.0 Å². The first kappa shape index (κ1) is 15.9. The van der Waals surface area contributed by atoms with Gasteiger partial charge in [0, 0.05) is 0 Å². The number of halogens is 4. The first-order valence-electron chi connectivity index (χ1n) is 6.03. The molecule has 0 aromatic carbocycles. The van der Waals surface area contributed by atoms with E-state index in [0.29, 0.717) is 6.42 Å². The molecule has 0 spiro atoms. The Kier molecular flexibility index (Phi) is 8.91. The van der Waals surface area contributed by atoms with Crippen LogP contribution in [0.25, 0.3) is 0 Å². The molecular formula is C11H20BClF3-. The standard InChI is InChI=1S/C11H20BClF3/c1-2-3-4-5-6-7-8-9-11(13)10-12(14,15)16/h10H,2-9H2,1H3/q-1/b11-10-. The number of hydrogen-bond acceptors (Lipinski definition) is 0. The van der Waals surface area contributed by atoms with Gasteiger partial charge in [0.25, 0.3) is 0 Å². The summed E-state index contributed by atoms with van der Waals surface area (Å²) in [5.74, 6) is 0.249. The minimum absolute atomic E-state index is 0.0546. The summed E-state index contributed by atoms with van der Waals surface area (Å²) in [4.78, 5) is 0. The van der Waals surface area contributed by atoms with Gasteiger partial charge in [0.1, 0.15) is 0 Å². The highest BCUT2D eigenvalue weighted by molar-refractivity contribution is 6.65. The zero-order valence-electron chi connectivity index (χ0n) is 9.82. The van der Waals surface area contributed by atoms with Gasteiger partial charge in [-0.2, -0.15) is 0 Å². The Hall–Kier alpha value is -0.115. The maximum absolute atomic E-state index is 11.9. The fourth-order valence-electron chi connectivity index (χ4n) is 1.54. The SMILES string of the molecule is CCCCCCCCC/C(Cl)=C/[B-](F)(F)F. The van der Waals surface area contributed by atoms with Crippen molar-refractivity contribution in [3.63, 3.8) is 0 Å². The van der Waals surface area contributed by atoms with E-state index in [4.69, 9.17) is 11.6 Å². The molecule has 96 valence electrons. The summed E-state index contributed by atoms with van der Waals surface area (Å²) in [6, 6.07) is 0. The van der Waals surface area contributed by atoms with E-state index >= 15 is 0 Å². The summed E-state index contributed by atoms with van der Waals surface area (Å²) in [6.45, 7) is -2.72. The van der Waals surface area contributed by atoms with Crippen molar-refractivity contribution in [3.8, 4) is 0 Å². The van der Waals surface area contributed by atoms with Crippen LogP contribution in [0.2, 0.25) is 0 Å². The Morgan fingerprint density at radius 2 is 1.50 bits per heavy atom. The molecular weight excluding hydrogens is 235 g/mol. The Labute approximate surface area is 101 Å². The van der Waals surface area contributed by atoms with Crippen LogP contribution in [0.4, 0.5) is 12.9 Å². The van der Waals surface area contributed by atoms with E-state index in [1.807, 2.05) is 0 Å². The lowest BCUT2D eigenvalue weighted by molar-refractivity contribution is 0.497. The van der Waals surface area contributed by atoms with Gasteiger partial charge in [-0.1, -0.05) is 57.0 Å². The number of allylic oxidation sites excluding steroid dienone is 1. The fraction of sp³-hybridized carbons (Fsp3) is 0.818. The van der Waals surface area contributed by atoms with E-state index in [1.54, 1.807) is 0 Å². The quantitative estimate of drug-likeness (QED) is 0.370. The van der Waals surface area contributed by atoms with Crippen LogP contribution < -0.4 is 0 Å². The van der Waals surface area contributed by atoms with Crippen molar-refractivity contribution in [1.29, 1.82) is 0 Å². The van der Waals surface area contributed by atoms with Crippen LogP contribution >= 0.6 is 11.6 Å². The van der Waals surface area contributed by atoms with Crippen LogP contribution in [0.3, 0.4) is 0 Å². The van der Waals surface area contributed by atoms with Crippen LogP contribution in [-0.2, 0) is 0 Å². The van der Waals surface area contributed by atoms with Gasteiger partial charge in [0.2, 0.25) is 0 Å². The summed E-state index contributed by atoms with van der Waals surface area (Å²) in [5.41, 5.74) is 0. The lowest BCUT2D eigenvalue weighted by atomic mass is 9.91. The third-order valence-corrected chi connectivity index (χ3v) is 2.70. The average molecular weight is 256 g/mol. The summed E-state index contributed by atoms with van der Waals surface area (Å²) < 4.78 is 35.8. The van der Waals surface area contributed by atoms with Crippen LogP contribution in [-0.4, -0.2) is 6.98 Å². The number of hydrogen-bond donors (Lipinski definition) is 0. The van der Waals surface area contributed by atoms with Crippen molar-refractivity contribution >= 4 is 18.6 Å². The molecule has 0 atom stereocenters. The summed E-state index contributed by atoms with van der Waals surface area (Å²) in [5, 5.41) is -0.0546. The lowest BCUT2D eigenvalue weighted by Gasteiger charge is -2.09. The summed E-state index contributed by atoms with van der Waals surface area (Å²) in [7, 11) is 0. The van der Waals surface area contributed by atoms with Crippen molar-refractivity contribution in [2.24, 2.45) is 0 Å². The van der Waals surface area contributed by atoms with Crippen molar-refractivity contribution in [2.75, 3.05) is 0 Å². The van der Waals surface area contributed by atoms with Gasteiger partial charge in [-0.15, -0.1) is 5.98 Å². The van der Waals surface area contributed by atoms with Gasteiger partial charge in [-0.3, -0.25) is 0 Å². The van der Waals surface area contributed by atoms with E-state index < -0.39 is 6.98 Å². The second kappa shape index (κ2) is 8.97. The molecule has 0 aliphatic carbocycles. The van der Waals surface area contributed by atoms with Crippen LogP contribution in [0.5, 0.6) is 0 Å². The van der Waals surface area contributed by atoms with E-state index in [0.717, 1.165) is 19.3 Å². The third kappa shape index (κ3) is 12.0. The molecule has 0 amide bonds. The molecule has 0 aromatic heterocycles. The smallest absolute Gasteiger partial charge is 0.445 e. The molecule has 0 nitrogen and oxygen atoms in total. The van der Waals surface area contributed by atoms with Crippen molar-refractivity contribution in [2.45, 2.75) is 58.3 Å². The molecule has 0 heterocycles. The zero-order chi connectivity index (χ0) is 12.4. The molecule has 0 saturated heterocycles. The molecule has 0 rings (SSSR count). The molecule has 0 saturated carbocycles. The van der Waals surface area contributed by atoms with E-state index in [1.165, 1.54) is 25.7 Å². The molecule has 0 fully saturated rings. The highest BCUT2D eigenvalue weighted by atomic mass is 35.5. The van der Waals surface area contributed by atoms with E-state index in [-0.39, 0.29) is 11.0 Å². The van der Waals surface area contributed by atoms with Gasteiger partial charge < -0.3 is 12.9 Å². The normalized spacial score (nSPS) is 13.2. The monoisotopic (exact) mass is 255 g/mol. The van der Waals surface area contributed by atoms with Crippen molar-refractivity contribution in [1.82, 2.24) is 0 Å². The fourth-order valence-corrected chi connectivity index (χ4v) is 1.82. The second-order valence-corrected chi connectivity index (χ2v) is 4.60. The predicted molar refractivity (Wildman–Crippen MR) is 65.6 cm³/mol. The topological polar surface area (TPSA) is 0 Å². The van der Waals surface area contributed by atoms with Gasteiger partial charge in [-0.05, 0) is 17.9 Å². The third-order valence-electron chi connectivity index (χ3n) is 2.39. The maximum Gasteiger partial charge on any atom is 0.503 e. The summed E-state index contributed by atoms with van der Waals surface area (Å²) >= 11 is 5.48. The van der Waals surface area contributed by atoms with Gasteiger partial charge >= 0.3 is 6.98 Å². The minimum atomic E-state index is -4.87. The molecule has 0 radical (unpaired) electrons. The second-order valence-electron chi connectivity index (χ2n) is 4.11. The van der Waals surface area contributed by atoms with E-state index in [2.05, 4.69) is 6.92 Å². The highest BCUT2D eigenvalue weighted by Crippen LogP contribution is 2.20. The molecule has 5 heteroatoms. The molecule has 0 unspecified atom stereocenters. The lowest BCUT2D eigenvalue weighted by Crippen LogP contribution is -2.10. The largest absolute Gasteiger partial charge is 0.503 e. The molecule has 0 bridgehead atoms. The molecule has 0 aliphatic heterocycles. The Balaban J connectivity index is 3.41. The summed E-state index contributed by atoms with van der Waals surface area (Å²) in [6.07, 6.45) is 8.05. The molecule has 16 heavy (non-hydrogen) atoms. The van der Waals surface area contributed by atoms with Crippen molar-refractivity contribution in [3.05, 3.63) is 11.0 Å². The van der Waals surface area contributed by atoms with Gasteiger partial charge in [0.15, 0.2) is 0 Å². The number of unbranched alkanes of at least 4 members (excludes halogenated alkanes) is 6. The molecule has 0 N–H and O–H groups in total. The average Bonchev–Trinajstić information content (AvgIpc) is 2.13. The predicted octanol–water partition coefficient (Wildman–Crippen LogP) is 5.64. The Bertz CT molecular complexity index is 202. The minimum Gasteiger partial charge on any atom is -0.445 e. The van der Waals surface area contributed by atoms with Crippen LogP contribution in [0, 0.1) is 0 Å². The maximum atomic E-state index is 11.9.